The average molecular weight is 236 g/mol. The predicted molar refractivity (Wildman–Crippen MR) is 69.0 cm³/mol. The fraction of sp³-hybridized carbons (Fsp3) is 0.462. The Morgan fingerprint density at radius 1 is 1.29 bits per heavy atom. The van der Waals surface area contributed by atoms with Gasteiger partial charge in [0, 0.05) is 5.69 Å². The van der Waals surface area contributed by atoms with Crippen LogP contribution in [0.5, 0.6) is 0 Å². The number of benzene rings is 1. The van der Waals surface area contributed by atoms with Crippen molar-refractivity contribution >= 4 is 11.7 Å². The fourth-order valence-electron chi connectivity index (χ4n) is 1.40. The number of amides is 2. The molecule has 4 nitrogen and oxygen atoms in total. The number of carbonyl (C=O) groups excluding carboxylic acids is 1. The second-order valence-corrected chi connectivity index (χ2v) is 4.50. The van der Waals surface area contributed by atoms with E-state index in [1.807, 2.05) is 45.0 Å². The van der Waals surface area contributed by atoms with E-state index in [1.165, 1.54) is 0 Å². The van der Waals surface area contributed by atoms with Crippen LogP contribution < -0.4 is 10.6 Å². The van der Waals surface area contributed by atoms with Gasteiger partial charge in [-0.15, -0.1) is 0 Å². The quantitative estimate of drug-likeness (QED) is 0.750. The van der Waals surface area contributed by atoms with Gasteiger partial charge >= 0.3 is 6.03 Å². The lowest BCUT2D eigenvalue weighted by atomic mass is 10.1. The Kier molecular flexibility index (Phi) is 4.97. The summed E-state index contributed by atoms with van der Waals surface area (Å²) in [5.74, 6) is 0.198. The molecule has 17 heavy (non-hydrogen) atoms. The first-order valence-corrected chi connectivity index (χ1v) is 5.78. The van der Waals surface area contributed by atoms with Gasteiger partial charge in [-0.2, -0.15) is 0 Å². The number of aliphatic hydroxyl groups is 1. The molecule has 0 aliphatic heterocycles. The number of hydrogen-bond donors (Lipinski definition) is 3. The third-order valence-corrected chi connectivity index (χ3v) is 2.63. The van der Waals surface area contributed by atoms with Crippen molar-refractivity contribution in [3.8, 4) is 0 Å². The molecule has 1 atom stereocenters. The molecule has 0 aliphatic carbocycles. The van der Waals surface area contributed by atoms with Crippen LogP contribution in [0.3, 0.4) is 0 Å². The van der Waals surface area contributed by atoms with Crippen molar-refractivity contribution in [2.75, 3.05) is 11.9 Å². The monoisotopic (exact) mass is 236 g/mol. The largest absolute Gasteiger partial charge is 0.394 e. The molecule has 0 aromatic heterocycles. The van der Waals surface area contributed by atoms with Crippen LogP contribution in [-0.2, 0) is 0 Å². The fourth-order valence-corrected chi connectivity index (χ4v) is 1.40. The Balaban J connectivity index is 2.52. The van der Waals surface area contributed by atoms with Crippen LogP contribution in [-0.4, -0.2) is 23.8 Å². The molecule has 0 fully saturated rings. The highest BCUT2D eigenvalue weighted by Gasteiger charge is 2.14. The second kappa shape index (κ2) is 6.25. The van der Waals surface area contributed by atoms with Crippen molar-refractivity contribution in [3.63, 3.8) is 0 Å². The highest BCUT2D eigenvalue weighted by molar-refractivity contribution is 5.89. The summed E-state index contributed by atoms with van der Waals surface area (Å²) in [6, 6.07) is 7.04. The summed E-state index contributed by atoms with van der Waals surface area (Å²) < 4.78 is 0. The minimum atomic E-state index is -0.290. The van der Waals surface area contributed by atoms with Crippen molar-refractivity contribution in [2.24, 2.45) is 5.92 Å². The Labute approximate surface area is 102 Å². The van der Waals surface area contributed by atoms with Gasteiger partial charge in [-0.25, -0.2) is 4.79 Å². The van der Waals surface area contributed by atoms with Gasteiger partial charge in [-0.3, -0.25) is 0 Å². The van der Waals surface area contributed by atoms with Crippen LogP contribution in [0.1, 0.15) is 19.4 Å². The maximum absolute atomic E-state index is 11.6. The van der Waals surface area contributed by atoms with Crippen LogP contribution >= 0.6 is 0 Å². The van der Waals surface area contributed by atoms with Gasteiger partial charge in [0.05, 0.1) is 12.6 Å². The SMILES string of the molecule is Cc1ccc(NC(=O)NC(CO)C(C)C)cc1. The van der Waals surface area contributed by atoms with E-state index >= 15 is 0 Å². The van der Waals surface area contributed by atoms with Gasteiger partial charge in [0.1, 0.15) is 0 Å². The van der Waals surface area contributed by atoms with Gasteiger partial charge in [-0.1, -0.05) is 31.5 Å². The Morgan fingerprint density at radius 2 is 1.88 bits per heavy atom. The van der Waals surface area contributed by atoms with Gasteiger partial charge in [-0.05, 0) is 25.0 Å². The van der Waals surface area contributed by atoms with Crippen molar-refractivity contribution in [2.45, 2.75) is 26.8 Å². The van der Waals surface area contributed by atoms with Crippen molar-refractivity contribution < 1.29 is 9.90 Å². The van der Waals surface area contributed by atoms with Gasteiger partial charge in [0.2, 0.25) is 0 Å². The number of aryl methyl sites for hydroxylation is 1. The van der Waals surface area contributed by atoms with Gasteiger partial charge in [0.15, 0.2) is 0 Å². The maximum atomic E-state index is 11.6. The smallest absolute Gasteiger partial charge is 0.319 e. The zero-order valence-corrected chi connectivity index (χ0v) is 10.5. The van der Waals surface area contributed by atoms with Crippen LogP contribution in [0.25, 0.3) is 0 Å². The van der Waals surface area contributed by atoms with E-state index in [0.717, 1.165) is 11.3 Å². The number of hydrogen-bond acceptors (Lipinski definition) is 2. The molecule has 1 aromatic rings. The Morgan fingerprint density at radius 3 is 2.35 bits per heavy atom. The number of carbonyl (C=O) groups is 1. The van der Waals surface area contributed by atoms with E-state index in [9.17, 15) is 4.79 Å². The summed E-state index contributed by atoms with van der Waals surface area (Å²) in [5, 5.41) is 14.6. The third-order valence-electron chi connectivity index (χ3n) is 2.63. The van der Waals surface area contributed by atoms with Gasteiger partial charge < -0.3 is 15.7 Å². The van der Waals surface area contributed by atoms with Gasteiger partial charge in [0.25, 0.3) is 0 Å². The molecule has 0 aliphatic rings. The van der Waals surface area contributed by atoms with E-state index in [0.29, 0.717) is 0 Å². The first kappa shape index (κ1) is 13.5. The standard InChI is InChI=1S/C13H20N2O2/c1-9(2)12(8-16)15-13(17)14-11-6-4-10(3)5-7-11/h4-7,9,12,16H,8H2,1-3H3,(H2,14,15,17). The number of anilines is 1. The highest BCUT2D eigenvalue weighted by Crippen LogP contribution is 2.08. The number of rotatable bonds is 4. The highest BCUT2D eigenvalue weighted by atomic mass is 16.3. The molecule has 0 saturated carbocycles. The number of aliphatic hydroxyl groups excluding tert-OH is 1. The molecule has 0 radical (unpaired) electrons. The average Bonchev–Trinajstić information content (AvgIpc) is 2.28. The molecule has 0 spiro atoms. The predicted octanol–water partition coefficient (Wildman–Crippen LogP) is 2.13. The molecular weight excluding hydrogens is 216 g/mol. The zero-order valence-electron chi connectivity index (χ0n) is 10.5. The summed E-state index contributed by atoms with van der Waals surface area (Å²) in [6.45, 7) is 5.84. The molecular formula is C13H20N2O2. The Hall–Kier alpha value is -1.55. The molecule has 1 aromatic carbocycles. The third kappa shape index (κ3) is 4.44. The maximum Gasteiger partial charge on any atom is 0.319 e. The number of urea groups is 1. The lowest BCUT2D eigenvalue weighted by Crippen LogP contribution is -2.43. The summed E-state index contributed by atoms with van der Waals surface area (Å²) in [7, 11) is 0. The van der Waals surface area contributed by atoms with E-state index in [-0.39, 0.29) is 24.6 Å². The van der Waals surface area contributed by atoms with Crippen molar-refractivity contribution in [1.82, 2.24) is 5.32 Å². The molecule has 94 valence electrons. The van der Waals surface area contributed by atoms with Crippen LogP contribution in [0.4, 0.5) is 10.5 Å². The first-order valence-electron chi connectivity index (χ1n) is 5.78. The van der Waals surface area contributed by atoms with Crippen molar-refractivity contribution in [1.29, 1.82) is 0 Å². The minimum Gasteiger partial charge on any atom is -0.394 e. The second-order valence-electron chi connectivity index (χ2n) is 4.50. The van der Waals surface area contributed by atoms with Crippen LogP contribution in [0.15, 0.2) is 24.3 Å². The van der Waals surface area contributed by atoms with Crippen molar-refractivity contribution in [3.05, 3.63) is 29.8 Å². The molecule has 1 unspecified atom stereocenters. The summed E-state index contributed by atoms with van der Waals surface area (Å²) in [6.07, 6.45) is 0. The number of nitrogens with one attached hydrogen (secondary N) is 2. The van der Waals surface area contributed by atoms with E-state index < -0.39 is 0 Å². The van der Waals surface area contributed by atoms with E-state index in [1.54, 1.807) is 0 Å². The molecule has 2 amide bonds. The molecule has 4 heteroatoms. The molecule has 0 bridgehead atoms. The van der Waals surface area contributed by atoms with Crippen LogP contribution in [0, 0.1) is 12.8 Å². The molecule has 1 rings (SSSR count). The molecule has 0 heterocycles. The molecule has 0 saturated heterocycles. The topological polar surface area (TPSA) is 61.4 Å². The lowest BCUT2D eigenvalue weighted by Gasteiger charge is -2.20. The summed E-state index contributed by atoms with van der Waals surface area (Å²) in [4.78, 5) is 11.6. The lowest BCUT2D eigenvalue weighted by molar-refractivity contribution is 0.204. The molecule has 3 N–H and O–H groups in total. The first-order chi connectivity index (χ1) is 8.02. The van der Waals surface area contributed by atoms with E-state index in [4.69, 9.17) is 5.11 Å². The van der Waals surface area contributed by atoms with E-state index in [2.05, 4.69) is 10.6 Å². The summed E-state index contributed by atoms with van der Waals surface area (Å²) >= 11 is 0. The van der Waals surface area contributed by atoms with Crippen LogP contribution in [0.2, 0.25) is 0 Å². The normalized spacial score (nSPS) is 12.3. The summed E-state index contributed by atoms with van der Waals surface area (Å²) in [5.41, 5.74) is 1.89. The minimum absolute atomic E-state index is 0.0566. The Bertz CT molecular complexity index is 360. The zero-order chi connectivity index (χ0) is 12.8.